The molecular formula is C19H19N3O4. The number of benzene rings is 2. The normalized spacial score (nSPS) is 11.9. The van der Waals surface area contributed by atoms with E-state index in [9.17, 15) is 14.4 Å². The number of nitrogens with one attached hydrogen (secondary N) is 3. The van der Waals surface area contributed by atoms with Gasteiger partial charge in [0.25, 0.3) is 5.91 Å². The van der Waals surface area contributed by atoms with Crippen molar-refractivity contribution in [2.75, 3.05) is 5.32 Å². The second-order valence-corrected chi connectivity index (χ2v) is 6.12. The molecular weight excluding hydrogens is 334 g/mol. The fourth-order valence-corrected chi connectivity index (χ4v) is 2.52. The van der Waals surface area contributed by atoms with Crippen molar-refractivity contribution in [3.05, 3.63) is 64.1 Å². The summed E-state index contributed by atoms with van der Waals surface area (Å²) in [6, 6.07) is 12.5. The number of amides is 1. The Labute approximate surface area is 149 Å². The fourth-order valence-electron chi connectivity index (χ4n) is 2.52. The molecule has 0 radical (unpaired) electrons. The lowest BCUT2D eigenvalue weighted by Crippen LogP contribution is -2.30. The number of hydrogen-bond acceptors (Lipinski definition) is 4. The number of fused-ring (bicyclic) bond motifs is 1. The molecule has 0 spiro atoms. The molecule has 0 saturated heterocycles. The maximum absolute atomic E-state index is 12.2. The number of carbonyl (C=O) groups excluding carboxylic acids is 2. The van der Waals surface area contributed by atoms with Gasteiger partial charge in [0.2, 0.25) is 0 Å². The number of rotatable bonds is 5. The van der Waals surface area contributed by atoms with Crippen molar-refractivity contribution in [1.29, 1.82) is 0 Å². The van der Waals surface area contributed by atoms with Crippen LogP contribution in [0.15, 0.2) is 47.3 Å². The van der Waals surface area contributed by atoms with Gasteiger partial charge in [-0.2, -0.15) is 0 Å². The molecule has 2 aromatic carbocycles. The minimum atomic E-state index is -0.936. The summed E-state index contributed by atoms with van der Waals surface area (Å²) in [5.41, 5.74) is 3.34. The van der Waals surface area contributed by atoms with Gasteiger partial charge in [0.15, 0.2) is 6.10 Å². The fraction of sp³-hybridized carbons (Fsp3) is 0.211. The molecule has 0 aliphatic carbocycles. The van der Waals surface area contributed by atoms with Crippen LogP contribution in [0.2, 0.25) is 0 Å². The molecule has 3 aromatic rings. The standard InChI is InChI=1S/C19H19N3O4/c1-11-3-5-13(6-4-11)9-17(23)26-12(2)18(24)20-14-7-8-15-16(10-14)22-19(25)21-15/h3-8,10,12H,9H2,1-2H3,(H,20,24)(H2,21,22,25)/t12-/m1/s1. The summed E-state index contributed by atoms with van der Waals surface area (Å²) in [6.07, 6.45) is -0.831. The molecule has 134 valence electrons. The molecule has 0 unspecified atom stereocenters. The predicted molar refractivity (Wildman–Crippen MR) is 98.0 cm³/mol. The van der Waals surface area contributed by atoms with Crippen molar-refractivity contribution < 1.29 is 14.3 Å². The first-order chi connectivity index (χ1) is 12.4. The number of aryl methyl sites for hydroxylation is 1. The quantitative estimate of drug-likeness (QED) is 0.612. The maximum Gasteiger partial charge on any atom is 0.323 e. The van der Waals surface area contributed by atoms with E-state index >= 15 is 0 Å². The molecule has 26 heavy (non-hydrogen) atoms. The molecule has 3 N–H and O–H groups in total. The summed E-state index contributed by atoms with van der Waals surface area (Å²) in [6.45, 7) is 3.48. The highest BCUT2D eigenvalue weighted by Gasteiger charge is 2.18. The minimum Gasteiger partial charge on any atom is -0.452 e. The Kier molecular flexibility index (Phi) is 4.88. The van der Waals surface area contributed by atoms with Crippen LogP contribution in [0.5, 0.6) is 0 Å². The molecule has 0 aliphatic rings. The predicted octanol–water partition coefficient (Wildman–Crippen LogP) is 2.28. The van der Waals surface area contributed by atoms with E-state index in [0.717, 1.165) is 11.1 Å². The van der Waals surface area contributed by atoms with E-state index in [1.807, 2.05) is 31.2 Å². The molecule has 0 aliphatic heterocycles. The number of anilines is 1. The zero-order valence-electron chi connectivity index (χ0n) is 14.5. The number of imidazole rings is 1. The number of ether oxygens (including phenoxy) is 1. The number of carbonyl (C=O) groups is 2. The van der Waals surface area contributed by atoms with E-state index in [0.29, 0.717) is 16.7 Å². The van der Waals surface area contributed by atoms with Crippen molar-refractivity contribution >= 4 is 28.6 Å². The van der Waals surface area contributed by atoms with Gasteiger partial charge in [0.05, 0.1) is 17.5 Å². The van der Waals surface area contributed by atoms with Crippen molar-refractivity contribution in [3.63, 3.8) is 0 Å². The number of aromatic nitrogens is 2. The highest BCUT2D eigenvalue weighted by Crippen LogP contribution is 2.15. The summed E-state index contributed by atoms with van der Waals surface area (Å²) in [5.74, 6) is -0.915. The molecule has 0 fully saturated rings. The van der Waals surface area contributed by atoms with E-state index in [1.165, 1.54) is 6.92 Å². The van der Waals surface area contributed by atoms with Crippen LogP contribution in [0.25, 0.3) is 11.0 Å². The van der Waals surface area contributed by atoms with Crippen LogP contribution in [0.1, 0.15) is 18.1 Å². The first-order valence-corrected chi connectivity index (χ1v) is 8.18. The maximum atomic E-state index is 12.2. The molecule has 7 nitrogen and oxygen atoms in total. The average Bonchev–Trinajstić information content (AvgIpc) is 2.96. The largest absolute Gasteiger partial charge is 0.452 e. The van der Waals surface area contributed by atoms with Gasteiger partial charge in [-0.3, -0.25) is 9.59 Å². The number of H-pyrrole nitrogens is 2. The van der Waals surface area contributed by atoms with Gasteiger partial charge in [-0.15, -0.1) is 0 Å². The van der Waals surface area contributed by atoms with E-state index in [-0.39, 0.29) is 12.1 Å². The first kappa shape index (κ1) is 17.5. The summed E-state index contributed by atoms with van der Waals surface area (Å²) in [5, 5.41) is 2.67. The molecule has 0 saturated carbocycles. The van der Waals surface area contributed by atoms with Crippen molar-refractivity contribution in [2.24, 2.45) is 0 Å². The van der Waals surface area contributed by atoms with Crippen LogP contribution in [0.3, 0.4) is 0 Å². The Hall–Kier alpha value is -3.35. The lowest BCUT2D eigenvalue weighted by atomic mass is 10.1. The molecule has 0 bridgehead atoms. The molecule has 7 heteroatoms. The van der Waals surface area contributed by atoms with Gasteiger partial charge in [-0.05, 0) is 37.6 Å². The third-order valence-electron chi connectivity index (χ3n) is 3.93. The second-order valence-electron chi connectivity index (χ2n) is 6.12. The van der Waals surface area contributed by atoms with Crippen LogP contribution in [-0.4, -0.2) is 27.9 Å². The Morgan fingerprint density at radius 2 is 1.77 bits per heavy atom. The molecule has 1 heterocycles. The van der Waals surface area contributed by atoms with Gasteiger partial charge >= 0.3 is 11.7 Å². The Bertz CT molecular complexity index is 1000. The molecule has 1 amide bonds. The van der Waals surface area contributed by atoms with Gasteiger partial charge in [0.1, 0.15) is 0 Å². The lowest BCUT2D eigenvalue weighted by Gasteiger charge is -2.13. The summed E-state index contributed by atoms with van der Waals surface area (Å²) >= 11 is 0. The minimum absolute atomic E-state index is 0.106. The number of hydrogen-bond donors (Lipinski definition) is 3. The lowest BCUT2D eigenvalue weighted by molar-refractivity contribution is -0.152. The van der Waals surface area contributed by atoms with Crippen molar-refractivity contribution in [1.82, 2.24) is 9.97 Å². The number of esters is 1. The van der Waals surface area contributed by atoms with Crippen LogP contribution in [0.4, 0.5) is 5.69 Å². The van der Waals surface area contributed by atoms with Gasteiger partial charge in [0, 0.05) is 5.69 Å². The zero-order chi connectivity index (χ0) is 18.7. The average molecular weight is 353 g/mol. The zero-order valence-corrected chi connectivity index (χ0v) is 14.5. The number of aromatic amines is 2. The monoisotopic (exact) mass is 353 g/mol. The van der Waals surface area contributed by atoms with E-state index < -0.39 is 18.0 Å². The topological polar surface area (TPSA) is 104 Å². The first-order valence-electron chi connectivity index (χ1n) is 8.18. The van der Waals surface area contributed by atoms with Crippen LogP contribution in [0, 0.1) is 6.92 Å². The van der Waals surface area contributed by atoms with Crippen molar-refractivity contribution in [3.8, 4) is 0 Å². The summed E-state index contributed by atoms with van der Waals surface area (Å²) < 4.78 is 5.20. The molecule has 3 rings (SSSR count). The Balaban J connectivity index is 1.58. The van der Waals surface area contributed by atoms with E-state index in [1.54, 1.807) is 18.2 Å². The summed E-state index contributed by atoms with van der Waals surface area (Å²) in [4.78, 5) is 40.7. The van der Waals surface area contributed by atoms with Gasteiger partial charge in [-0.25, -0.2) is 4.79 Å². The van der Waals surface area contributed by atoms with Gasteiger partial charge < -0.3 is 20.0 Å². The third-order valence-corrected chi connectivity index (χ3v) is 3.93. The third kappa shape index (κ3) is 4.18. The molecule has 1 atom stereocenters. The smallest absolute Gasteiger partial charge is 0.323 e. The molecule has 1 aromatic heterocycles. The van der Waals surface area contributed by atoms with E-state index in [2.05, 4.69) is 15.3 Å². The second kappa shape index (κ2) is 7.26. The Morgan fingerprint density at radius 1 is 1.08 bits per heavy atom. The highest BCUT2D eigenvalue weighted by atomic mass is 16.5. The van der Waals surface area contributed by atoms with Gasteiger partial charge in [-0.1, -0.05) is 29.8 Å². The Morgan fingerprint density at radius 3 is 2.50 bits per heavy atom. The van der Waals surface area contributed by atoms with Crippen LogP contribution < -0.4 is 11.0 Å². The SMILES string of the molecule is Cc1ccc(CC(=O)O[C@H](C)C(=O)Nc2ccc3[nH]c(=O)[nH]c3c2)cc1. The van der Waals surface area contributed by atoms with E-state index in [4.69, 9.17) is 4.74 Å². The van der Waals surface area contributed by atoms with Crippen molar-refractivity contribution in [2.45, 2.75) is 26.4 Å². The van der Waals surface area contributed by atoms with Crippen LogP contribution >= 0.6 is 0 Å². The highest BCUT2D eigenvalue weighted by molar-refractivity contribution is 5.96. The van der Waals surface area contributed by atoms with Crippen LogP contribution in [-0.2, 0) is 20.7 Å². The summed E-state index contributed by atoms with van der Waals surface area (Å²) in [7, 11) is 0.